The largest absolute Gasteiger partial charge is 1.00 e. The number of nitrogens with one attached hydrogen (secondary N) is 2. The van der Waals surface area contributed by atoms with E-state index in [1.54, 1.807) is 36.4 Å². The predicted octanol–water partition coefficient (Wildman–Crippen LogP) is -1.49. The Kier molecular flexibility index (Phi) is 9.69. The van der Waals surface area contributed by atoms with E-state index in [4.69, 9.17) is 0 Å². The summed E-state index contributed by atoms with van der Waals surface area (Å²) >= 11 is 8.16. The molecule has 30 heavy (non-hydrogen) atoms. The SMILES string of the molecule is O=S(=O)([O-])c1nc2c(S)cccc2[nH]1.O=S(=O)([O-])c1nc2c(S)cccc2[nH]1.[Ag+].[Na+]. The maximum Gasteiger partial charge on any atom is 1.00 e. The maximum atomic E-state index is 10.6. The smallest absolute Gasteiger partial charge is 0.742 e. The van der Waals surface area contributed by atoms with Gasteiger partial charge in [0.25, 0.3) is 0 Å². The van der Waals surface area contributed by atoms with Gasteiger partial charge in [-0.3, -0.25) is 0 Å². The average molecular weight is 589 g/mol. The third kappa shape index (κ3) is 6.34. The molecule has 4 aromatic rings. The van der Waals surface area contributed by atoms with Gasteiger partial charge in [-0.2, -0.15) is 0 Å². The Morgan fingerprint density at radius 3 is 1.33 bits per heavy atom. The fourth-order valence-electron chi connectivity index (χ4n) is 2.23. The van der Waals surface area contributed by atoms with Gasteiger partial charge in [-0.05, 0) is 24.3 Å². The van der Waals surface area contributed by atoms with Gasteiger partial charge in [0.2, 0.25) is 10.3 Å². The van der Waals surface area contributed by atoms with E-state index in [1.165, 1.54) is 0 Å². The van der Waals surface area contributed by atoms with Crippen molar-refractivity contribution in [2.45, 2.75) is 20.1 Å². The van der Waals surface area contributed by atoms with Gasteiger partial charge in [-0.1, -0.05) is 12.1 Å². The second-order valence-electron chi connectivity index (χ2n) is 5.34. The number of benzene rings is 2. The number of rotatable bonds is 2. The van der Waals surface area contributed by atoms with Gasteiger partial charge in [0.1, 0.15) is 11.0 Å². The van der Waals surface area contributed by atoms with Crippen molar-refractivity contribution in [3.8, 4) is 0 Å². The summed E-state index contributed by atoms with van der Waals surface area (Å²) in [5.41, 5.74) is 1.72. The molecule has 0 saturated heterocycles. The first-order valence-electron chi connectivity index (χ1n) is 7.24. The quantitative estimate of drug-likeness (QED) is 0.125. The van der Waals surface area contributed by atoms with Crippen molar-refractivity contribution in [1.29, 1.82) is 0 Å². The fourth-order valence-corrected chi connectivity index (χ4v) is 3.61. The van der Waals surface area contributed by atoms with Crippen LogP contribution in [0.5, 0.6) is 0 Å². The first-order chi connectivity index (χ1) is 13.0. The van der Waals surface area contributed by atoms with Crippen LogP contribution in [0.4, 0.5) is 0 Å². The molecule has 4 rings (SSSR count). The summed E-state index contributed by atoms with van der Waals surface area (Å²) < 4.78 is 63.8. The summed E-state index contributed by atoms with van der Waals surface area (Å²) in [7, 11) is -9.06. The molecule has 2 N–H and O–H groups in total. The molecule has 0 aliphatic heterocycles. The van der Waals surface area contributed by atoms with Gasteiger partial charge < -0.3 is 19.1 Å². The number of H-pyrrole nitrogens is 2. The number of hydrogen-bond acceptors (Lipinski definition) is 10. The molecule has 0 unspecified atom stereocenters. The monoisotopic (exact) mass is 588 g/mol. The molecule has 158 valence electrons. The third-order valence-corrected chi connectivity index (χ3v) is 5.47. The zero-order valence-corrected chi connectivity index (χ0v) is 21.7. The van der Waals surface area contributed by atoms with Crippen LogP contribution >= 0.6 is 25.3 Å². The van der Waals surface area contributed by atoms with Crippen molar-refractivity contribution >= 4 is 67.6 Å². The molecular formula is C14H10AgN4NaO6S4. The van der Waals surface area contributed by atoms with E-state index in [2.05, 4.69) is 45.2 Å². The molecule has 0 bridgehead atoms. The number of fused-ring (bicyclic) bond motifs is 2. The molecular weight excluding hydrogens is 579 g/mol. The standard InChI is InChI=1S/2C7H6N2O3S2.Ag.Na/c2*10-14(11,12)7-8-4-2-1-3-5(13)6(4)9-7;;/h2*1-3,13H,(H,8,9)(H,10,11,12);;/q;;2*+1/p-2. The zero-order chi connectivity index (χ0) is 20.7. The molecule has 0 fully saturated rings. The fraction of sp³-hybridized carbons (Fsp3) is 0. The van der Waals surface area contributed by atoms with Crippen LogP contribution in [0.2, 0.25) is 0 Å². The van der Waals surface area contributed by atoms with Crippen molar-refractivity contribution in [1.82, 2.24) is 19.9 Å². The molecule has 0 amide bonds. The Morgan fingerprint density at radius 1 is 0.733 bits per heavy atom. The van der Waals surface area contributed by atoms with Crippen LogP contribution in [0.1, 0.15) is 0 Å². The molecule has 2 aromatic heterocycles. The molecule has 2 aromatic carbocycles. The number of aromatic amines is 2. The summed E-state index contributed by atoms with van der Waals surface area (Å²) in [4.78, 5) is 13.2. The molecule has 0 spiro atoms. The zero-order valence-electron chi connectivity index (χ0n) is 14.8. The summed E-state index contributed by atoms with van der Waals surface area (Å²) in [6, 6.07) is 9.93. The van der Waals surface area contributed by atoms with Crippen LogP contribution < -0.4 is 29.6 Å². The Labute approximate surface area is 219 Å². The number of nitrogens with zero attached hydrogens (tertiary/aromatic N) is 2. The minimum atomic E-state index is -4.53. The topological polar surface area (TPSA) is 172 Å². The normalized spacial score (nSPS) is 11.3. The summed E-state index contributed by atoms with van der Waals surface area (Å²) in [6.07, 6.45) is 0. The Hall–Kier alpha value is -0.360. The Morgan fingerprint density at radius 2 is 1.07 bits per heavy atom. The molecule has 0 radical (unpaired) electrons. The van der Waals surface area contributed by atoms with Gasteiger partial charge in [-0.25, -0.2) is 26.8 Å². The van der Waals surface area contributed by atoms with Gasteiger partial charge in [0, 0.05) is 9.79 Å². The number of hydrogen-bond donors (Lipinski definition) is 4. The van der Waals surface area contributed by atoms with E-state index >= 15 is 0 Å². The summed E-state index contributed by atoms with van der Waals surface area (Å²) in [5, 5.41) is -1.15. The number of aromatic nitrogens is 4. The molecule has 0 aliphatic carbocycles. The second kappa shape index (κ2) is 10.5. The van der Waals surface area contributed by atoms with E-state index in [1.807, 2.05) is 0 Å². The summed E-state index contributed by atoms with van der Waals surface area (Å²) in [6.45, 7) is 0. The van der Waals surface area contributed by atoms with E-state index in [9.17, 15) is 25.9 Å². The van der Waals surface area contributed by atoms with Crippen LogP contribution in [0, 0.1) is 0 Å². The van der Waals surface area contributed by atoms with Crippen LogP contribution in [0.15, 0.2) is 56.5 Å². The first kappa shape index (κ1) is 27.7. The van der Waals surface area contributed by atoms with Crippen LogP contribution in [-0.4, -0.2) is 45.9 Å². The Bertz CT molecular complexity index is 1300. The molecule has 10 nitrogen and oxygen atoms in total. The molecule has 16 heteroatoms. The Balaban J connectivity index is 0.000000281. The van der Waals surface area contributed by atoms with Crippen LogP contribution in [-0.2, 0) is 42.6 Å². The van der Waals surface area contributed by atoms with E-state index in [0.29, 0.717) is 31.9 Å². The maximum absolute atomic E-state index is 10.6. The van der Waals surface area contributed by atoms with Gasteiger partial charge >= 0.3 is 51.9 Å². The summed E-state index contributed by atoms with van der Waals surface area (Å²) in [5.74, 6) is 0. The first-order valence-corrected chi connectivity index (χ1v) is 10.9. The molecule has 0 atom stereocenters. The van der Waals surface area contributed by atoms with E-state index in [0.717, 1.165) is 0 Å². The van der Waals surface area contributed by atoms with Crippen molar-refractivity contribution < 1.29 is 77.9 Å². The number of para-hydroxylation sites is 2. The van der Waals surface area contributed by atoms with Crippen LogP contribution in [0.25, 0.3) is 22.1 Å². The minimum Gasteiger partial charge on any atom is -0.742 e. The molecule has 2 heterocycles. The van der Waals surface area contributed by atoms with E-state index in [-0.39, 0.29) is 51.9 Å². The van der Waals surface area contributed by atoms with Crippen LogP contribution in [0.3, 0.4) is 0 Å². The van der Waals surface area contributed by atoms with E-state index < -0.39 is 30.5 Å². The minimum absolute atomic E-state index is 0. The van der Waals surface area contributed by atoms with Gasteiger partial charge in [0.15, 0.2) is 20.2 Å². The molecule has 0 aliphatic rings. The third-order valence-electron chi connectivity index (χ3n) is 3.41. The number of imidazole rings is 2. The average Bonchev–Trinajstić information content (AvgIpc) is 3.20. The number of thiol groups is 2. The predicted molar refractivity (Wildman–Crippen MR) is 103 cm³/mol. The van der Waals surface area contributed by atoms with Crippen molar-refractivity contribution in [2.24, 2.45) is 0 Å². The van der Waals surface area contributed by atoms with Crippen molar-refractivity contribution in [3.63, 3.8) is 0 Å². The van der Waals surface area contributed by atoms with Gasteiger partial charge in [-0.15, -0.1) is 25.3 Å². The van der Waals surface area contributed by atoms with Gasteiger partial charge in [0.05, 0.1) is 11.0 Å². The second-order valence-corrected chi connectivity index (χ2v) is 8.89. The van der Waals surface area contributed by atoms with Crippen molar-refractivity contribution in [2.75, 3.05) is 0 Å². The molecule has 0 saturated carbocycles. The van der Waals surface area contributed by atoms with Crippen molar-refractivity contribution in [3.05, 3.63) is 36.4 Å².